The smallest absolute Gasteiger partial charge is 0.256 e. The lowest BCUT2D eigenvalue weighted by atomic mass is 10.0. The van der Waals surface area contributed by atoms with Crippen LogP contribution in [0.25, 0.3) is 33.4 Å². The molecule has 2 aromatic carbocycles. The maximum atomic E-state index is 14.3. The molecule has 140 valence electrons. The average molecular weight is 403 g/mol. The van der Waals surface area contributed by atoms with E-state index < -0.39 is 23.0 Å². The summed E-state index contributed by atoms with van der Waals surface area (Å²) in [5.74, 6) is -2.66. The second-order valence-corrected chi connectivity index (χ2v) is 6.31. The van der Waals surface area contributed by atoms with E-state index in [4.69, 9.17) is 17.3 Å². The van der Waals surface area contributed by atoms with Crippen LogP contribution < -0.4 is 10.5 Å². The van der Waals surface area contributed by atoms with E-state index in [2.05, 4.69) is 9.97 Å². The topological polar surface area (TPSA) is 78.7 Å². The number of pyridine rings is 1. The molecule has 0 aliphatic carbocycles. The summed E-state index contributed by atoms with van der Waals surface area (Å²) in [6.45, 7) is 0. The number of nitrogens with zero attached hydrogens (tertiary/aromatic N) is 3. The maximum absolute atomic E-state index is 14.3. The van der Waals surface area contributed by atoms with Gasteiger partial charge >= 0.3 is 0 Å². The fraction of sp³-hybridized carbons (Fsp3) is 0. The number of aromatic nitrogens is 3. The molecule has 0 radical (unpaired) electrons. The van der Waals surface area contributed by atoms with Crippen LogP contribution in [0.4, 0.5) is 19.1 Å². The summed E-state index contributed by atoms with van der Waals surface area (Å²) in [5, 5.41) is 12.7. The predicted molar refractivity (Wildman–Crippen MR) is 98.7 cm³/mol. The van der Waals surface area contributed by atoms with Gasteiger partial charge in [0.25, 0.3) is 5.69 Å². The zero-order chi connectivity index (χ0) is 20.0. The Labute approximate surface area is 161 Å². The largest absolute Gasteiger partial charge is 0.618 e. The molecular formula is C19H10ClF3N4O. The Balaban J connectivity index is 2.13. The second-order valence-electron chi connectivity index (χ2n) is 5.90. The van der Waals surface area contributed by atoms with Gasteiger partial charge in [0.2, 0.25) is 5.95 Å². The van der Waals surface area contributed by atoms with E-state index in [1.165, 1.54) is 24.3 Å². The second kappa shape index (κ2) is 6.65. The highest BCUT2D eigenvalue weighted by atomic mass is 35.5. The van der Waals surface area contributed by atoms with Crippen molar-refractivity contribution in [3.8, 4) is 22.5 Å². The number of nitrogen functional groups attached to an aromatic ring is 1. The van der Waals surface area contributed by atoms with Crippen molar-refractivity contribution in [2.75, 3.05) is 5.73 Å². The van der Waals surface area contributed by atoms with Crippen molar-refractivity contribution in [3.05, 3.63) is 76.3 Å². The number of anilines is 1. The van der Waals surface area contributed by atoms with Crippen molar-refractivity contribution in [2.45, 2.75) is 0 Å². The lowest BCUT2D eigenvalue weighted by Gasteiger charge is -2.12. The highest BCUT2D eigenvalue weighted by Crippen LogP contribution is 2.36. The van der Waals surface area contributed by atoms with Gasteiger partial charge in [0, 0.05) is 17.0 Å². The molecule has 0 aliphatic rings. The van der Waals surface area contributed by atoms with Crippen molar-refractivity contribution < 1.29 is 17.9 Å². The third-order valence-electron chi connectivity index (χ3n) is 4.17. The average Bonchev–Trinajstić information content (AvgIpc) is 2.62. The minimum absolute atomic E-state index is 0.0527. The Kier molecular flexibility index (Phi) is 4.27. The molecule has 0 atom stereocenters. The summed E-state index contributed by atoms with van der Waals surface area (Å²) >= 11 is 6.13. The van der Waals surface area contributed by atoms with Crippen molar-refractivity contribution in [3.63, 3.8) is 0 Å². The number of hydrogen-bond donors (Lipinski definition) is 1. The number of hydrogen-bond acceptors (Lipinski definition) is 4. The SMILES string of the molecule is Nc1nc(-c2ccc(F)cc2Cl)c2cc[n+]([O-])c(-c3c(F)cccc3F)c2n1. The molecular weight excluding hydrogens is 393 g/mol. The van der Waals surface area contributed by atoms with Crippen molar-refractivity contribution in [1.29, 1.82) is 0 Å². The van der Waals surface area contributed by atoms with Crippen molar-refractivity contribution >= 4 is 28.5 Å². The summed E-state index contributed by atoms with van der Waals surface area (Å²) in [6.07, 6.45) is 1.07. The molecule has 0 unspecified atom stereocenters. The first-order valence-electron chi connectivity index (χ1n) is 7.96. The molecule has 28 heavy (non-hydrogen) atoms. The molecule has 0 saturated heterocycles. The van der Waals surface area contributed by atoms with Gasteiger partial charge in [-0.2, -0.15) is 4.73 Å². The van der Waals surface area contributed by atoms with E-state index in [1.54, 1.807) is 0 Å². The lowest BCUT2D eigenvalue weighted by Crippen LogP contribution is -2.30. The third-order valence-corrected chi connectivity index (χ3v) is 4.48. The third kappa shape index (κ3) is 2.87. The fourth-order valence-corrected chi connectivity index (χ4v) is 3.24. The van der Waals surface area contributed by atoms with Gasteiger partial charge in [-0.05, 0) is 30.3 Å². The molecule has 5 nitrogen and oxygen atoms in total. The maximum Gasteiger partial charge on any atom is 0.256 e. The Bertz CT molecular complexity index is 1230. The molecule has 4 aromatic rings. The first-order chi connectivity index (χ1) is 13.4. The zero-order valence-corrected chi connectivity index (χ0v) is 14.7. The monoisotopic (exact) mass is 402 g/mol. The van der Waals surface area contributed by atoms with Crippen LogP contribution in [0.15, 0.2) is 48.7 Å². The summed E-state index contributed by atoms with van der Waals surface area (Å²) in [4.78, 5) is 8.16. The highest BCUT2D eigenvalue weighted by Gasteiger charge is 2.26. The Hall–Kier alpha value is -3.39. The summed E-state index contributed by atoms with van der Waals surface area (Å²) in [7, 11) is 0. The Morgan fingerprint density at radius 2 is 1.71 bits per heavy atom. The minimum Gasteiger partial charge on any atom is -0.618 e. The Morgan fingerprint density at radius 1 is 1.00 bits per heavy atom. The van der Waals surface area contributed by atoms with Crippen LogP contribution in [0, 0.1) is 22.7 Å². The van der Waals surface area contributed by atoms with Crippen LogP contribution in [0.5, 0.6) is 0 Å². The minimum atomic E-state index is -0.935. The molecule has 2 aromatic heterocycles. The van der Waals surface area contributed by atoms with E-state index in [-0.39, 0.29) is 33.3 Å². The summed E-state index contributed by atoms with van der Waals surface area (Å²) in [6, 6.07) is 8.27. The molecule has 0 saturated carbocycles. The Morgan fingerprint density at radius 3 is 2.39 bits per heavy atom. The van der Waals surface area contributed by atoms with Crippen molar-refractivity contribution in [1.82, 2.24) is 9.97 Å². The van der Waals surface area contributed by atoms with Gasteiger partial charge in [-0.15, -0.1) is 0 Å². The van der Waals surface area contributed by atoms with Crippen LogP contribution >= 0.6 is 11.6 Å². The number of halogens is 4. The van der Waals surface area contributed by atoms with Crippen LogP contribution in [-0.2, 0) is 0 Å². The molecule has 9 heteroatoms. The van der Waals surface area contributed by atoms with Crippen LogP contribution in [0.2, 0.25) is 5.02 Å². The highest BCUT2D eigenvalue weighted by molar-refractivity contribution is 6.33. The fourth-order valence-electron chi connectivity index (χ4n) is 2.99. The molecule has 0 bridgehead atoms. The number of fused-ring (bicyclic) bond motifs is 1. The number of rotatable bonds is 2. The van der Waals surface area contributed by atoms with Gasteiger partial charge in [0.05, 0.1) is 10.7 Å². The van der Waals surface area contributed by atoms with Gasteiger partial charge < -0.3 is 10.9 Å². The molecule has 2 heterocycles. The van der Waals surface area contributed by atoms with E-state index in [1.807, 2.05) is 0 Å². The zero-order valence-electron chi connectivity index (χ0n) is 14.0. The molecule has 0 aliphatic heterocycles. The van der Waals surface area contributed by atoms with Crippen LogP contribution in [0.1, 0.15) is 0 Å². The molecule has 0 amide bonds. The van der Waals surface area contributed by atoms with Gasteiger partial charge in [0.1, 0.15) is 23.0 Å². The van der Waals surface area contributed by atoms with Crippen molar-refractivity contribution in [2.24, 2.45) is 0 Å². The van der Waals surface area contributed by atoms with Gasteiger partial charge in [0.15, 0.2) is 11.7 Å². The lowest BCUT2D eigenvalue weighted by molar-refractivity contribution is -0.592. The van der Waals surface area contributed by atoms with E-state index in [0.29, 0.717) is 10.3 Å². The van der Waals surface area contributed by atoms with Gasteiger partial charge in [-0.1, -0.05) is 17.7 Å². The molecule has 0 spiro atoms. The van der Waals surface area contributed by atoms with Crippen LogP contribution in [-0.4, -0.2) is 9.97 Å². The number of benzene rings is 2. The van der Waals surface area contributed by atoms with E-state index in [0.717, 1.165) is 24.4 Å². The molecule has 0 fully saturated rings. The first kappa shape index (κ1) is 18.0. The quantitative estimate of drug-likeness (QED) is 0.401. The summed E-state index contributed by atoms with van der Waals surface area (Å²) < 4.78 is 42.4. The molecule has 4 rings (SSSR count). The van der Waals surface area contributed by atoms with Crippen LogP contribution in [0.3, 0.4) is 0 Å². The predicted octanol–water partition coefficient (Wildman–Crippen LogP) is 4.25. The van der Waals surface area contributed by atoms with Gasteiger partial charge in [-0.25, -0.2) is 23.1 Å². The first-order valence-corrected chi connectivity index (χ1v) is 8.34. The normalized spacial score (nSPS) is 11.1. The van der Waals surface area contributed by atoms with E-state index in [9.17, 15) is 18.4 Å². The standard InChI is InChI=1S/C19H10ClF3N4O/c20-12-8-9(21)4-5-10(12)16-11-6-7-27(28)18(17(11)26-19(24)25-16)15-13(22)2-1-3-14(15)23/h1-8H,(H2,24,25,26). The molecule has 2 N–H and O–H groups in total. The van der Waals surface area contributed by atoms with Gasteiger partial charge in [-0.3, -0.25) is 0 Å². The van der Waals surface area contributed by atoms with E-state index >= 15 is 0 Å². The summed E-state index contributed by atoms with van der Waals surface area (Å²) in [5.41, 5.74) is 5.33. The number of nitrogens with two attached hydrogens (primary N) is 1.